The highest BCUT2D eigenvalue weighted by molar-refractivity contribution is 7.16. The first kappa shape index (κ1) is 11.6. The van der Waals surface area contributed by atoms with Gasteiger partial charge in [-0.2, -0.15) is 0 Å². The number of hydrazine groups is 1. The number of aryl methyl sites for hydroxylation is 1. The van der Waals surface area contributed by atoms with Gasteiger partial charge in [-0.25, -0.2) is 4.98 Å². The van der Waals surface area contributed by atoms with Gasteiger partial charge in [-0.05, 0) is 12.1 Å². The molecular weight excluding hydrogens is 244 g/mol. The average Bonchev–Trinajstić information content (AvgIpc) is 2.84. The number of halogens is 1. The summed E-state index contributed by atoms with van der Waals surface area (Å²) in [6.07, 6.45) is 4.52. The van der Waals surface area contributed by atoms with Gasteiger partial charge in [0.15, 0.2) is 0 Å². The van der Waals surface area contributed by atoms with Gasteiger partial charge in [0, 0.05) is 24.5 Å². The topological polar surface area (TPSA) is 55.9 Å². The lowest BCUT2D eigenvalue weighted by Crippen LogP contribution is -2.29. The first-order chi connectivity index (χ1) is 7.69. The van der Waals surface area contributed by atoms with Crippen LogP contribution in [0.4, 0.5) is 0 Å². The number of nitrogens with one attached hydrogen (secondary N) is 1. The van der Waals surface area contributed by atoms with E-state index in [0.717, 1.165) is 16.5 Å². The molecule has 2 heterocycles. The zero-order valence-corrected chi connectivity index (χ0v) is 10.4. The summed E-state index contributed by atoms with van der Waals surface area (Å²) in [4.78, 5) is 5.48. The van der Waals surface area contributed by atoms with E-state index in [1.54, 1.807) is 17.7 Å². The second kappa shape index (κ2) is 4.97. The van der Waals surface area contributed by atoms with Crippen LogP contribution in [0.5, 0.6) is 0 Å². The van der Waals surface area contributed by atoms with Gasteiger partial charge < -0.3 is 4.57 Å². The first-order valence-corrected chi connectivity index (χ1v) is 6.06. The third-order valence-electron chi connectivity index (χ3n) is 2.32. The van der Waals surface area contributed by atoms with E-state index in [0.29, 0.717) is 0 Å². The molecule has 16 heavy (non-hydrogen) atoms. The summed E-state index contributed by atoms with van der Waals surface area (Å²) < 4.78 is 2.70. The van der Waals surface area contributed by atoms with E-state index in [1.165, 1.54) is 4.88 Å². The number of rotatable bonds is 4. The van der Waals surface area contributed by atoms with Crippen molar-refractivity contribution in [2.75, 3.05) is 0 Å². The summed E-state index contributed by atoms with van der Waals surface area (Å²) in [5.74, 6) is 5.54. The fraction of sp³-hybridized carbons (Fsp3) is 0.300. The molecule has 0 spiro atoms. The van der Waals surface area contributed by atoms with Crippen molar-refractivity contribution in [3.05, 3.63) is 39.6 Å². The van der Waals surface area contributed by atoms with Crippen LogP contribution in [0.3, 0.4) is 0 Å². The van der Waals surface area contributed by atoms with Crippen LogP contribution in [0.2, 0.25) is 4.34 Å². The minimum Gasteiger partial charge on any atom is -0.340 e. The number of nitrogens with two attached hydrogens (primary N) is 1. The SMILES string of the molecule is Cn1cnc(C(Cc2ccc(Cl)s2)NN)c1. The van der Waals surface area contributed by atoms with Crippen molar-refractivity contribution < 1.29 is 0 Å². The molecule has 0 bridgehead atoms. The molecule has 2 aromatic rings. The van der Waals surface area contributed by atoms with Crippen molar-refractivity contribution in [2.24, 2.45) is 12.9 Å². The van der Waals surface area contributed by atoms with Crippen LogP contribution in [0, 0.1) is 0 Å². The van der Waals surface area contributed by atoms with Crippen LogP contribution in [-0.2, 0) is 13.5 Å². The van der Waals surface area contributed by atoms with Crippen molar-refractivity contribution in [3.63, 3.8) is 0 Å². The molecular formula is C10H13ClN4S. The highest BCUT2D eigenvalue weighted by Gasteiger charge is 2.14. The predicted octanol–water partition coefficient (Wildman–Crippen LogP) is 1.88. The Morgan fingerprint density at radius 1 is 1.62 bits per heavy atom. The zero-order valence-electron chi connectivity index (χ0n) is 8.85. The molecule has 0 aliphatic rings. The highest BCUT2D eigenvalue weighted by atomic mass is 35.5. The van der Waals surface area contributed by atoms with Gasteiger partial charge >= 0.3 is 0 Å². The second-order valence-corrected chi connectivity index (χ2v) is 5.39. The number of hydrogen-bond acceptors (Lipinski definition) is 4. The van der Waals surface area contributed by atoms with Gasteiger partial charge in [-0.15, -0.1) is 11.3 Å². The molecule has 1 unspecified atom stereocenters. The van der Waals surface area contributed by atoms with E-state index >= 15 is 0 Å². The maximum absolute atomic E-state index is 5.88. The monoisotopic (exact) mass is 256 g/mol. The lowest BCUT2D eigenvalue weighted by molar-refractivity contribution is 0.543. The zero-order chi connectivity index (χ0) is 11.5. The standard InChI is InChI=1S/C10H13ClN4S/c1-15-5-9(13-6-15)8(14-12)4-7-2-3-10(11)16-7/h2-3,5-6,8,14H,4,12H2,1H3. The smallest absolute Gasteiger partial charge is 0.0947 e. The minimum absolute atomic E-state index is 0.0240. The molecule has 0 saturated carbocycles. The van der Waals surface area contributed by atoms with E-state index in [9.17, 15) is 0 Å². The van der Waals surface area contributed by atoms with Crippen LogP contribution in [-0.4, -0.2) is 9.55 Å². The summed E-state index contributed by atoms with van der Waals surface area (Å²) in [7, 11) is 1.94. The van der Waals surface area contributed by atoms with Crippen molar-refractivity contribution in [1.82, 2.24) is 15.0 Å². The quantitative estimate of drug-likeness (QED) is 0.649. The largest absolute Gasteiger partial charge is 0.340 e. The molecule has 0 amide bonds. The van der Waals surface area contributed by atoms with E-state index in [2.05, 4.69) is 10.4 Å². The maximum Gasteiger partial charge on any atom is 0.0947 e. The van der Waals surface area contributed by atoms with Crippen molar-refractivity contribution in [1.29, 1.82) is 0 Å². The third kappa shape index (κ3) is 2.62. The van der Waals surface area contributed by atoms with Crippen molar-refractivity contribution >= 4 is 22.9 Å². The lowest BCUT2D eigenvalue weighted by atomic mass is 10.1. The normalized spacial score (nSPS) is 12.9. The van der Waals surface area contributed by atoms with Crippen molar-refractivity contribution in [3.8, 4) is 0 Å². The predicted molar refractivity (Wildman–Crippen MR) is 66.3 cm³/mol. The molecule has 0 aliphatic carbocycles. The molecule has 3 N–H and O–H groups in total. The summed E-state index contributed by atoms with van der Waals surface area (Å²) >= 11 is 7.45. The first-order valence-electron chi connectivity index (χ1n) is 4.87. The van der Waals surface area contributed by atoms with Crippen molar-refractivity contribution in [2.45, 2.75) is 12.5 Å². The van der Waals surface area contributed by atoms with Crippen LogP contribution in [0.15, 0.2) is 24.7 Å². The van der Waals surface area contributed by atoms with E-state index < -0.39 is 0 Å². The Morgan fingerprint density at radius 3 is 2.94 bits per heavy atom. The molecule has 0 aliphatic heterocycles. The van der Waals surface area contributed by atoms with E-state index in [1.807, 2.05) is 29.9 Å². The van der Waals surface area contributed by atoms with Gasteiger partial charge in [0.2, 0.25) is 0 Å². The average molecular weight is 257 g/mol. The Morgan fingerprint density at radius 2 is 2.44 bits per heavy atom. The van der Waals surface area contributed by atoms with Gasteiger partial charge in [0.25, 0.3) is 0 Å². The molecule has 86 valence electrons. The Bertz CT molecular complexity index is 465. The number of aromatic nitrogens is 2. The van der Waals surface area contributed by atoms with Gasteiger partial charge in [-0.3, -0.25) is 11.3 Å². The van der Waals surface area contributed by atoms with Crippen LogP contribution in [0.1, 0.15) is 16.6 Å². The Labute approximate surface area is 103 Å². The molecule has 6 heteroatoms. The van der Waals surface area contributed by atoms with Gasteiger partial charge in [-0.1, -0.05) is 11.6 Å². The van der Waals surface area contributed by atoms with Gasteiger partial charge in [0.1, 0.15) is 0 Å². The fourth-order valence-corrected chi connectivity index (χ4v) is 2.66. The number of nitrogens with zero attached hydrogens (tertiary/aromatic N) is 2. The molecule has 1 atom stereocenters. The summed E-state index contributed by atoms with van der Waals surface area (Å²) in [5.41, 5.74) is 3.72. The Hall–Kier alpha value is -0.880. The maximum atomic E-state index is 5.88. The summed E-state index contributed by atoms with van der Waals surface area (Å²) in [5, 5.41) is 0. The minimum atomic E-state index is 0.0240. The van der Waals surface area contributed by atoms with Crippen LogP contribution in [0.25, 0.3) is 0 Å². The summed E-state index contributed by atoms with van der Waals surface area (Å²) in [6.45, 7) is 0. The molecule has 0 radical (unpaired) electrons. The number of imidazole rings is 1. The molecule has 0 aromatic carbocycles. The fourth-order valence-electron chi connectivity index (χ4n) is 1.52. The molecule has 0 fully saturated rings. The Balaban J connectivity index is 2.12. The van der Waals surface area contributed by atoms with Crippen LogP contribution < -0.4 is 11.3 Å². The third-order valence-corrected chi connectivity index (χ3v) is 3.57. The second-order valence-electron chi connectivity index (χ2n) is 3.59. The number of hydrogen-bond donors (Lipinski definition) is 2. The van der Waals surface area contributed by atoms with Gasteiger partial charge in [0.05, 0.1) is 22.4 Å². The van der Waals surface area contributed by atoms with E-state index in [-0.39, 0.29) is 6.04 Å². The van der Waals surface area contributed by atoms with Crippen LogP contribution >= 0.6 is 22.9 Å². The summed E-state index contributed by atoms with van der Waals surface area (Å²) in [6, 6.07) is 3.93. The molecule has 2 aromatic heterocycles. The lowest BCUT2D eigenvalue weighted by Gasteiger charge is -2.11. The number of thiophene rings is 1. The molecule has 2 rings (SSSR count). The highest BCUT2D eigenvalue weighted by Crippen LogP contribution is 2.25. The molecule has 0 saturated heterocycles. The van der Waals surface area contributed by atoms with E-state index in [4.69, 9.17) is 17.4 Å². The molecule has 4 nitrogen and oxygen atoms in total. The Kier molecular flexibility index (Phi) is 3.60.